The molecule has 1 saturated carbocycles. The van der Waals surface area contributed by atoms with Crippen LogP contribution in [0.15, 0.2) is 0 Å². The largest absolute Gasteiger partial charge is 0.464 e. The number of nitrogens with two attached hydrogens (primary N) is 1. The van der Waals surface area contributed by atoms with Crippen LogP contribution in [0.5, 0.6) is 0 Å². The third-order valence-corrected chi connectivity index (χ3v) is 1.95. The molecule has 0 amide bonds. The lowest BCUT2D eigenvalue weighted by molar-refractivity contribution is -0.148. The topological polar surface area (TPSA) is 72.5 Å². The molecule has 1 rings (SSSR count). The maximum absolute atomic E-state index is 11.0. The lowest BCUT2D eigenvalue weighted by atomic mass is 10.2. The zero-order chi connectivity index (χ0) is 9.14. The monoisotopic (exact) mass is 173 g/mol. The van der Waals surface area contributed by atoms with Crippen molar-refractivity contribution in [1.82, 2.24) is 0 Å². The van der Waals surface area contributed by atoms with Gasteiger partial charge in [-0.25, -0.2) is 0 Å². The molecular formula is C8H15NO3. The first-order chi connectivity index (χ1) is 5.61. The number of esters is 1. The van der Waals surface area contributed by atoms with Crippen LogP contribution in [0.3, 0.4) is 0 Å². The van der Waals surface area contributed by atoms with E-state index in [2.05, 4.69) is 0 Å². The third-order valence-electron chi connectivity index (χ3n) is 1.95. The first-order valence-corrected chi connectivity index (χ1v) is 4.21. The van der Waals surface area contributed by atoms with Crippen molar-refractivity contribution < 1.29 is 14.6 Å². The van der Waals surface area contributed by atoms with Gasteiger partial charge in [-0.3, -0.25) is 4.79 Å². The SMILES string of the molecule is C[C@@H](O)[C@H](N)C(=O)OCC1CC1. The van der Waals surface area contributed by atoms with E-state index in [0.29, 0.717) is 12.5 Å². The quantitative estimate of drug-likeness (QED) is 0.570. The Bertz CT molecular complexity index is 166. The fraction of sp³-hybridized carbons (Fsp3) is 0.875. The first kappa shape index (κ1) is 9.48. The summed E-state index contributed by atoms with van der Waals surface area (Å²) in [5.74, 6) is 0.0343. The Hall–Kier alpha value is -0.610. The molecule has 0 aromatic carbocycles. The Morgan fingerprint density at radius 3 is 2.75 bits per heavy atom. The molecule has 0 spiro atoms. The Labute approximate surface area is 71.7 Å². The Kier molecular flexibility index (Phi) is 3.05. The molecule has 70 valence electrons. The molecule has 12 heavy (non-hydrogen) atoms. The van der Waals surface area contributed by atoms with Crippen LogP contribution < -0.4 is 5.73 Å². The summed E-state index contributed by atoms with van der Waals surface area (Å²) >= 11 is 0. The highest BCUT2D eigenvalue weighted by Crippen LogP contribution is 2.28. The molecule has 4 nitrogen and oxygen atoms in total. The average molecular weight is 173 g/mol. The van der Waals surface area contributed by atoms with Gasteiger partial charge in [-0.05, 0) is 25.7 Å². The maximum Gasteiger partial charge on any atom is 0.325 e. The molecule has 3 N–H and O–H groups in total. The van der Waals surface area contributed by atoms with Gasteiger partial charge in [0, 0.05) is 0 Å². The molecule has 0 radical (unpaired) electrons. The fourth-order valence-corrected chi connectivity index (χ4v) is 0.778. The number of hydrogen-bond acceptors (Lipinski definition) is 4. The fourth-order valence-electron chi connectivity index (χ4n) is 0.778. The lowest BCUT2D eigenvalue weighted by Crippen LogP contribution is -2.41. The lowest BCUT2D eigenvalue weighted by Gasteiger charge is -2.13. The van der Waals surface area contributed by atoms with E-state index in [1.165, 1.54) is 6.92 Å². The van der Waals surface area contributed by atoms with E-state index < -0.39 is 18.1 Å². The summed E-state index contributed by atoms with van der Waals surface area (Å²) in [5.41, 5.74) is 5.34. The number of carbonyl (C=O) groups excluding carboxylic acids is 1. The van der Waals surface area contributed by atoms with E-state index in [0.717, 1.165) is 12.8 Å². The molecule has 0 unspecified atom stereocenters. The predicted octanol–water partition coefficient (Wildman–Crippen LogP) is -0.352. The minimum absolute atomic E-state index is 0.458. The van der Waals surface area contributed by atoms with Gasteiger partial charge in [-0.2, -0.15) is 0 Å². The Balaban J connectivity index is 2.16. The maximum atomic E-state index is 11.0. The molecule has 4 heteroatoms. The molecular weight excluding hydrogens is 158 g/mol. The second kappa shape index (κ2) is 3.87. The summed E-state index contributed by atoms with van der Waals surface area (Å²) in [6.07, 6.45) is 1.44. The van der Waals surface area contributed by atoms with Crippen molar-refractivity contribution >= 4 is 5.97 Å². The Morgan fingerprint density at radius 1 is 1.75 bits per heavy atom. The third kappa shape index (κ3) is 2.79. The molecule has 0 heterocycles. The van der Waals surface area contributed by atoms with E-state index in [1.807, 2.05) is 0 Å². The average Bonchev–Trinajstić information content (AvgIpc) is 2.81. The number of hydrogen-bond donors (Lipinski definition) is 2. The van der Waals surface area contributed by atoms with E-state index in [4.69, 9.17) is 15.6 Å². The van der Waals surface area contributed by atoms with E-state index in [-0.39, 0.29) is 0 Å². The van der Waals surface area contributed by atoms with Gasteiger partial charge in [0.2, 0.25) is 0 Å². The molecule has 1 aliphatic rings. The normalized spacial score (nSPS) is 21.6. The van der Waals surface area contributed by atoms with Crippen LogP contribution in [-0.2, 0) is 9.53 Å². The number of carbonyl (C=O) groups is 1. The van der Waals surface area contributed by atoms with Gasteiger partial charge in [0.15, 0.2) is 0 Å². The molecule has 1 fully saturated rings. The summed E-state index contributed by atoms with van der Waals surface area (Å²) in [6, 6.07) is -0.899. The molecule has 0 aromatic heterocycles. The van der Waals surface area contributed by atoms with Crippen molar-refractivity contribution in [2.45, 2.75) is 31.9 Å². The van der Waals surface area contributed by atoms with Gasteiger partial charge < -0.3 is 15.6 Å². The molecule has 0 saturated heterocycles. The first-order valence-electron chi connectivity index (χ1n) is 4.21. The van der Waals surface area contributed by atoms with Gasteiger partial charge in [0.1, 0.15) is 6.04 Å². The highest BCUT2D eigenvalue weighted by Gasteiger charge is 2.26. The van der Waals surface area contributed by atoms with Gasteiger partial charge >= 0.3 is 5.97 Å². The summed E-state index contributed by atoms with van der Waals surface area (Å²) in [7, 11) is 0. The number of aliphatic hydroxyl groups excluding tert-OH is 1. The van der Waals surface area contributed by atoms with Crippen molar-refractivity contribution in [3.05, 3.63) is 0 Å². The van der Waals surface area contributed by atoms with Gasteiger partial charge in [0.25, 0.3) is 0 Å². The number of aliphatic hydroxyl groups is 1. The van der Waals surface area contributed by atoms with Crippen LogP contribution in [0.4, 0.5) is 0 Å². The summed E-state index contributed by atoms with van der Waals surface area (Å²) < 4.78 is 4.87. The minimum Gasteiger partial charge on any atom is -0.464 e. The molecule has 0 aromatic rings. The predicted molar refractivity (Wildman–Crippen MR) is 43.3 cm³/mol. The van der Waals surface area contributed by atoms with Crippen LogP contribution in [0, 0.1) is 5.92 Å². The van der Waals surface area contributed by atoms with Crippen LogP contribution in [0.1, 0.15) is 19.8 Å². The standard InChI is InChI=1S/C8H15NO3/c1-5(10)7(9)8(11)12-4-6-2-3-6/h5-7,10H,2-4,9H2,1H3/t5-,7+/m1/s1. The second-order valence-electron chi connectivity index (χ2n) is 3.34. The van der Waals surface area contributed by atoms with E-state index >= 15 is 0 Å². The zero-order valence-corrected chi connectivity index (χ0v) is 7.19. The van der Waals surface area contributed by atoms with Crippen molar-refractivity contribution in [2.24, 2.45) is 11.7 Å². The van der Waals surface area contributed by atoms with Gasteiger partial charge in [-0.1, -0.05) is 0 Å². The second-order valence-corrected chi connectivity index (χ2v) is 3.34. The highest BCUT2D eigenvalue weighted by molar-refractivity contribution is 5.76. The van der Waals surface area contributed by atoms with Crippen molar-refractivity contribution in [1.29, 1.82) is 0 Å². The number of rotatable bonds is 4. The summed E-state index contributed by atoms with van der Waals surface area (Å²) in [4.78, 5) is 11.0. The molecule has 0 bridgehead atoms. The van der Waals surface area contributed by atoms with Crippen LogP contribution >= 0.6 is 0 Å². The Morgan fingerprint density at radius 2 is 2.33 bits per heavy atom. The molecule has 0 aliphatic heterocycles. The van der Waals surface area contributed by atoms with Crippen LogP contribution in [0.2, 0.25) is 0 Å². The summed E-state index contributed by atoms with van der Waals surface area (Å²) in [6.45, 7) is 1.93. The zero-order valence-electron chi connectivity index (χ0n) is 7.19. The highest BCUT2D eigenvalue weighted by atomic mass is 16.5. The van der Waals surface area contributed by atoms with Gasteiger partial charge in [0.05, 0.1) is 12.7 Å². The minimum atomic E-state index is -0.899. The van der Waals surface area contributed by atoms with E-state index in [9.17, 15) is 4.79 Å². The van der Waals surface area contributed by atoms with Crippen molar-refractivity contribution in [3.8, 4) is 0 Å². The smallest absolute Gasteiger partial charge is 0.325 e. The van der Waals surface area contributed by atoms with Gasteiger partial charge in [-0.15, -0.1) is 0 Å². The van der Waals surface area contributed by atoms with E-state index in [1.54, 1.807) is 0 Å². The van der Waals surface area contributed by atoms with Crippen LogP contribution in [-0.4, -0.2) is 29.8 Å². The van der Waals surface area contributed by atoms with Crippen molar-refractivity contribution in [2.75, 3.05) is 6.61 Å². The number of ether oxygens (including phenoxy) is 1. The van der Waals surface area contributed by atoms with Crippen LogP contribution in [0.25, 0.3) is 0 Å². The summed E-state index contributed by atoms with van der Waals surface area (Å²) in [5, 5.41) is 8.95. The molecule has 1 aliphatic carbocycles. The van der Waals surface area contributed by atoms with Crippen molar-refractivity contribution in [3.63, 3.8) is 0 Å². The molecule has 2 atom stereocenters.